The van der Waals surface area contributed by atoms with Gasteiger partial charge in [0, 0.05) is 26.9 Å². The van der Waals surface area contributed by atoms with Crippen molar-refractivity contribution < 1.29 is 0 Å². The molecule has 2 heterocycles. The van der Waals surface area contributed by atoms with E-state index >= 15 is 0 Å². The van der Waals surface area contributed by atoms with Crippen molar-refractivity contribution in [2.75, 3.05) is 0 Å². The molecule has 1 nitrogen and oxygen atoms in total. The zero-order valence-corrected chi connectivity index (χ0v) is 20.0. The van der Waals surface area contributed by atoms with E-state index in [2.05, 4.69) is 80.6 Å². The van der Waals surface area contributed by atoms with E-state index in [1.807, 2.05) is 18.0 Å². The highest BCUT2D eigenvalue weighted by Crippen LogP contribution is 2.50. The van der Waals surface area contributed by atoms with Gasteiger partial charge in [0.05, 0.1) is 5.69 Å². The number of nitrogens with zero attached hydrogens (tertiary/aromatic N) is 1. The van der Waals surface area contributed by atoms with Gasteiger partial charge in [-0.2, -0.15) is 0 Å². The van der Waals surface area contributed by atoms with Gasteiger partial charge in [-0.15, -0.1) is 0 Å². The maximum absolute atomic E-state index is 4.91. The Bertz CT molecular complexity index is 1570. The molecule has 2 heteroatoms. The van der Waals surface area contributed by atoms with Crippen molar-refractivity contribution in [2.45, 2.75) is 55.2 Å². The molecular formula is C31H27NS. The highest BCUT2D eigenvalue weighted by molar-refractivity contribution is 7.99. The van der Waals surface area contributed by atoms with Gasteiger partial charge in [0.2, 0.25) is 0 Å². The molecule has 1 saturated carbocycles. The Kier molecular flexibility index (Phi) is 4.21. The van der Waals surface area contributed by atoms with Crippen molar-refractivity contribution in [3.8, 4) is 11.3 Å². The Labute approximate surface area is 199 Å². The van der Waals surface area contributed by atoms with Crippen LogP contribution in [0.2, 0.25) is 0 Å². The summed E-state index contributed by atoms with van der Waals surface area (Å²) >= 11 is 1.90. The second kappa shape index (κ2) is 7.08. The van der Waals surface area contributed by atoms with Crippen molar-refractivity contribution in [2.24, 2.45) is 5.41 Å². The number of rotatable bonds is 1. The first-order valence-corrected chi connectivity index (χ1v) is 12.9. The number of benzene rings is 4. The monoisotopic (exact) mass is 445 g/mol. The Morgan fingerprint density at radius 1 is 0.788 bits per heavy atom. The average molecular weight is 446 g/mol. The van der Waals surface area contributed by atoms with Crippen molar-refractivity contribution in [1.82, 2.24) is 4.98 Å². The first kappa shape index (κ1) is 19.6. The Morgan fingerprint density at radius 3 is 2.36 bits per heavy atom. The van der Waals surface area contributed by atoms with Crippen LogP contribution >= 0.6 is 11.8 Å². The number of fused-ring (bicyclic) bond motifs is 5. The summed E-state index contributed by atoms with van der Waals surface area (Å²) in [6, 6.07) is 25.1. The van der Waals surface area contributed by atoms with Crippen LogP contribution in [-0.4, -0.2) is 4.98 Å². The maximum atomic E-state index is 4.91. The summed E-state index contributed by atoms with van der Waals surface area (Å²) < 4.78 is 0. The SMILES string of the molecule is CC1(C)CCC(c2ccc3cc4c5c(nccc5c3c2)-c2cc3ccccc3cc2S4)CC1. The normalized spacial score (nSPS) is 17.5. The molecule has 0 atom stereocenters. The lowest BCUT2D eigenvalue weighted by Gasteiger charge is -2.34. The lowest BCUT2D eigenvalue weighted by atomic mass is 9.71. The predicted molar refractivity (Wildman–Crippen MR) is 141 cm³/mol. The lowest BCUT2D eigenvalue weighted by molar-refractivity contribution is 0.224. The fourth-order valence-electron chi connectivity index (χ4n) is 5.96. The van der Waals surface area contributed by atoms with Crippen molar-refractivity contribution >= 4 is 44.1 Å². The molecular weight excluding hydrogens is 418 g/mol. The molecule has 2 aliphatic rings. The largest absolute Gasteiger partial charge is 0.256 e. The maximum Gasteiger partial charge on any atom is 0.0803 e. The van der Waals surface area contributed by atoms with Gasteiger partial charge < -0.3 is 0 Å². The number of hydrogen-bond donors (Lipinski definition) is 0. The summed E-state index contributed by atoms with van der Waals surface area (Å²) in [5.41, 5.74) is 4.42. The van der Waals surface area contributed by atoms with Gasteiger partial charge in [-0.25, -0.2) is 0 Å². The first-order chi connectivity index (χ1) is 16.1. The molecule has 0 saturated heterocycles. The minimum absolute atomic E-state index is 0.501. The van der Waals surface area contributed by atoms with Gasteiger partial charge >= 0.3 is 0 Å². The summed E-state index contributed by atoms with van der Waals surface area (Å²) in [5.74, 6) is 0.688. The summed E-state index contributed by atoms with van der Waals surface area (Å²) in [6.45, 7) is 4.84. The molecule has 1 fully saturated rings. The molecule has 4 aromatic carbocycles. The van der Waals surface area contributed by atoms with Crippen LogP contribution in [0.25, 0.3) is 43.6 Å². The Morgan fingerprint density at radius 2 is 1.55 bits per heavy atom. The third-order valence-corrected chi connectivity index (χ3v) is 9.08. The predicted octanol–water partition coefficient (Wildman–Crippen LogP) is 9.36. The second-order valence-corrected chi connectivity index (χ2v) is 11.8. The highest BCUT2D eigenvalue weighted by atomic mass is 32.2. The summed E-state index contributed by atoms with van der Waals surface area (Å²) in [7, 11) is 0. The van der Waals surface area contributed by atoms with Crippen molar-refractivity contribution in [1.29, 1.82) is 0 Å². The summed E-state index contributed by atoms with van der Waals surface area (Å²) in [5, 5.41) is 7.95. The van der Waals surface area contributed by atoms with Crippen molar-refractivity contribution in [3.05, 3.63) is 78.5 Å². The van der Waals surface area contributed by atoms with E-state index in [-0.39, 0.29) is 0 Å². The van der Waals surface area contributed by atoms with E-state index in [1.54, 1.807) is 0 Å². The zero-order valence-electron chi connectivity index (χ0n) is 19.2. The van der Waals surface area contributed by atoms with Crippen LogP contribution in [0.1, 0.15) is 51.0 Å². The van der Waals surface area contributed by atoms with Crippen LogP contribution in [0.4, 0.5) is 0 Å². The molecule has 1 aromatic heterocycles. The molecule has 0 N–H and O–H groups in total. The quantitative estimate of drug-likeness (QED) is 0.234. The molecule has 0 bridgehead atoms. The van der Waals surface area contributed by atoms with E-state index in [0.29, 0.717) is 11.3 Å². The Balaban J connectivity index is 1.43. The van der Waals surface area contributed by atoms with Gasteiger partial charge in [-0.1, -0.05) is 68.1 Å². The number of hydrogen-bond acceptors (Lipinski definition) is 2. The minimum Gasteiger partial charge on any atom is -0.256 e. The van der Waals surface area contributed by atoms with E-state index in [1.165, 1.54) is 78.9 Å². The van der Waals surface area contributed by atoms with Crippen LogP contribution in [0.15, 0.2) is 82.7 Å². The zero-order chi connectivity index (χ0) is 22.2. The van der Waals surface area contributed by atoms with E-state index in [0.717, 1.165) is 5.69 Å². The molecule has 1 aliphatic carbocycles. The summed E-state index contributed by atoms with van der Waals surface area (Å²) in [6.07, 6.45) is 7.26. The third-order valence-electron chi connectivity index (χ3n) is 7.98. The molecule has 5 aromatic rings. The lowest BCUT2D eigenvalue weighted by Crippen LogP contribution is -2.20. The van der Waals surface area contributed by atoms with Crippen LogP contribution in [0, 0.1) is 5.41 Å². The molecule has 1 aliphatic heterocycles. The molecule has 0 radical (unpaired) electrons. The van der Waals surface area contributed by atoms with Crippen LogP contribution in [-0.2, 0) is 0 Å². The van der Waals surface area contributed by atoms with E-state index < -0.39 is 0 Å². The Hall–Kier alpha value is -2.84. The summed E-state index contributed by atoms with van der Waals surface area (Å²) in [4.78, 5) is 7.54. The topological polar surface area (TPSA) is 12.9 Å². The van der Waals surface area contributed by atoms with Gasteiger partial charge in [-0.3, -0.25) is 4.98 Å². The molecule has 0 unspecified atom stereocenters. The fraction of sp³-hybridized carbons (Fsp3) is 0.258. The second-order valence-electron chi connectivity index (χ2n) is 10.7. The molecule has 0 amide bonds. The van der Waals surface area contributed by atoms with Gasteiger partial charge in [0.25, 0.3) is 0 Å². The number of aromatic nitrogens is 1. The van der Waals surface area contributed by atoms with Gasteiger partial charge in [0.15, 0.2) is 0 Å². The van der Waals surface area contributed by atoms with Gasteiger partial charge in [-0.05, 0) is 93.8 Å². The molecule has 0 spiro atoms. The van der Waals surface area contributed by atoms with Crippen LogP contribution in [0.5, 0.6) is 0 Å². The smallest absolute Gasteiger partial charge is 0.0803 e. The standard InChI is InChI=1S/C31H27NS/c1-31(2)12-9-19(10-13-31)22-7-8-23-18-28-29-24(25(23)15-22)11-14-32-30(29)26-16-20-5-3-4-6-21(20)17-27(26)33-28/h3-8,11,14-19H,9-10,12-13H2,1-2H3. The van der Waals surface area contributed by atoms with Crippen LogP contribution < -0.4 is 0 Å². The minimum atomic E-state index is 0.501. The van der Waals surface area contributed by atoms with E-state index in [4.69, 9.17) is 4.98 Å². The fourth-order valence-corrected chi connectivity index (χ4v) is 7.14. The van der Waals surface area contributed by atoms with Crippen molar-refractivity contribution in [3.63, 3.8) is 0 Å². The third kappa shape index (κ3) is 3.11. The molecule has 33 heavy (non-hydrogen) atoms. The average Bonchev–Trinajstić information content (AvgIpc) is 2.83. The van der Waals surface area contributed by atoms with Gasteiger partial charge in [0.1, 0.15) is 0 Å². The van der Waals surface area contributed by atoms with E-state index in [9.17, 15) is 0 Å². The first-order valence-electron chi connectivity index (χ1n) is 12.1. The van der Waals surface area contributed by atoms with Crippen LogP contribution in [0.3, 0.4) is 0 Å². The highest BCUT2D eigenvalue weighted by Gasteiger charge is 2.28. The molecule has 162 valence electrons. The molecule has 7 rings (SSSR count). The number of pyridine rings is 1.